The van der Waals surface area contributed by atoms with E-state index in [4.69, 9.17) is 11.6 Å². The van der Waals surface area contributed by atoms with Gasteiger partial charge in [-0.1, -0.05) is 50.4 Å². The summed E-state index contributed by atoms with van der Waals surface area (Å²) < 4.78 is 0. The summed E-state index contributed by atoms with van der Waals surface area (Å²) in [6, 6.07) is 9.85. The van der Waals surface area contributed by atoms with Gasteiger partial charge in [0.25, 0.3) is 0 Å². The van der Waals surface area contributed by atoms with Gasteiger partial charge in [0.2, 0.25) is 0 Å². The predicted octanol–water partition coefficient (Wildman–Crippen LogP) is 5.00. The maximum atomic E-state index is 6.08. The summed E-state index contributed by atoms with van der Waals surface area (Å²) in [5.74, 6) is 2.42. The molecule has 1 nitrogen and oxygen atoms in total. The average molecular weight is 292 g/mol. The molecule has 0 spiro atoms. The highest BCUT2D eigenvalue weighted by Gasteiger charge is 2.34. The van der Waals surface area contributed by atoms with Crippen molar-refractivity contribution in [3.63, 3.8) is 0 Å². The summed E-state index contributed by atoms with van der Waals surface area (Å²) in [7, 11) is 0. The van der Waals surface area contributed by atoms with Crippen molar-refractivity contribution in [2.75, 3.05) is 0 Å². The molecule has 0 amide bonds. The summed E-state index contributed by atoms with van der Waals surface area (Å²) in [5.41, 5.74) is 1.42. The highest BCUT2D eigenvalue weighted by Crippen LogP contribution is 2.39. The fourth-order valence-corrected chi connectivity index (χ4v) is 4.11. The van der Waals surface area contributed by atoms with E-state index in [0.717, 1.165) is 28.9 Å². The lowest BCUT2D eigenvalue weighted by Crippen LogP contribution is -2.50. The minimum absolute atomic E-state index is 0.711. The van der Waals surface area contributed by atoms with Gasteiger partial charge < -0.3 is 5.32 Å². The Balaban J connectivity index is 1.51. The Morgan fingerprint density at radius 1 is 1.15 bits per heavy atom. The lowest BCUT2D eigenvalue weighted by Gasteiger charge is -2.43. The molecule has 0 heterocycles. The maximum Gasteiger partial charge on any atom is 0.0408 e. The van der Waals surface area contributed by atoms with Crippen LogP contribution in [0, 0.1) is 11.8 Å². The van der Waals surface area contributed by atoms with Crippen LogP contribution in [0.5, 0.6) is 0 Å². The Hall–Kier alpha value is -0.530. The average Bonchev–Trinajstić information content (AvgIpc) is 2.38. The zero-order valence-corrected chi connectivity index (χ0v) is 13.4. The molecule has 1 aromatic rings. The molecule has 2 fully saturated rings. The lowest BCUT2D eigenvalue weighted by atomic mass is 9.73. The third-order valence-corrected chi connectivity index (χ3v) is 5.85. The van der Waals surface area contributed by atoms with E-state index >= 15 is 0 Å². The number of benzene rings is 1. The van der Waals surface area contributed by atoms with Gasteiger partial charge in [0.05, 0.1) is 0 Å². The Kier molecular flexibility index (Phi) is 4.37. The molecule has 110 valence electrons. The van der Waals surface area contributed by atoms with Gasteiger partial charge in [-0.05, 0) is 54.7 Å². The van der Waals surface area contributed by atoms with Crippen molar-refractivity contribution in [3.8, 4) is 0 Å². The Morgan fingerprint density at radius 3 is 2.70 bits per heavy atom. The topological polar surface area (TPSA) is 12.0 Å². The summed E-state index contributed by atoms with van der Waals surface area (Å²) >= 11 is 6.08. The standard InChI is InChI=1S/C18H26ClN/c1-12-5-3-8-18(13(12)2)20-17-10-15(11-17)14-6-4-7-16(19)9-14/h4,6-7,9,12-13,15,17-18,20H,3,5,8,10-11H2,1-2H3. The molecule has 0 saturated heterocycles. The number of rotatable bonds is 3. The van der Waals surface area contributed by atoms with Crippen LogP contribution in [0.15, 0.2) is 24.3 Å². The third kappa shape index (κ3) is 3.04. The minimum Gasteiger partial charge on any atom is -0.311 e. The summed E-state index contributed by atoms with van der Waals surface area (Å²) in [5, 5.41) is 4.79. The first-order valence-electron chi connectivity index (χ1n) is 8.15. The Morgan fingerprint density at radius 2 is 1.95 bits per heavy atom. The van der Waals surface area contributed by atoms with Crippen LogP contribution in [0.2, 0.25) is 5.02 Å². The molecule has 2 aliphatic rings. The Bertz CT molecular complexity index is 452. The smallest absolute Gasteiger partial charge is 0.0408 e. The lowest BCUT2D eigenvalue weighted by molar-refractivity contribution is 0.162. The van der Waals surface area contributed by atoms with Gasteiger partial charge in [0.15, 0.2) is 0 Å². The SMILES string of the molecule is CC1CCCC(NC2CC(c3cccc(Cl)c3)C2)C1C. The Labute approximate surface area is 128 Å². The monoisotopic (exact) mass is 291 g/mol. The van der Waals surface area contributed by atoms with Crippen molar-refractivity contribution in [1.82, 2.24) is 5.32 Å². The fourth-order valence-electron chi connectivity index (χ4n) is 3.91. The van der Waals surface area contributed by atoms with E-state index in [1.54, 1.807) is 0 Å². The third-order valence-electron chi connectivity index (χ3n) is 5.61. The molecule has 3 rings (SSSR count). The van der Waals surface area contributed by atoms with E-state index in [1.807, 2.05) is 6.07 Å². The molecule has 2 heteroatoms. The molecule has 0 bridgehead atoms. The van der Waals surface area contributed by atoms with Crippen molar-refractivity contribution >= 4 is 11.6 Å². The molecule has 3 atom stereocenters. The normalized spacial score (nSPS) is 37.5. The van der Waals surface area contributed by atoms with E-state index in [-0.39, 0.29) is 0 Å². The zero-order chi connectivity index (χ0) is 14.1. The van der Waals surface area contributed by atoms with Crippen molar-refractivity contribution in [2.24, 2.45) is 11.8 Å². The van der Waals surface area contributed by atoms with Crippen LogP contribution in [0.25, 0.3) is 0 Å². The fraction of sp³-hybridized carbons (Fsp3) is 0.667. The van der Waals surface area contributed by atoms with Crippen LogP contribution in [-0.4, -0.2) is 12.1 Å². The molecule has 2 saturated carbocycles. The van der Waals surface area contributed by atoms with Crippen LogP contribution in [0.1, 0.15) is 57.4 Å². The zero-order valence-electron chi connectivity index (χ0n) is 12.6. The second-order valence-electron chi connectivity index (χ2n) is 6.96. The van der Waals surface area contributed by atoms with Crippen LogP contribution in [0.4, 0.5) is 0 Å². The van der Waals surface area contributed by atoms with E-state index in [0.29, 0.717) is 5.92 Å². The summed E-state index contributed by atoms with van der Waals surface area (Å²) in [4.78, 5) is 0. The highest BCUT2D eigenvalue weighted by atomic mass is 35.5. The van der Waals surface area contributed by atoms with Crippen molar-refractivity contribution in [3.05, 3.63) is 34.9 Å². The second-order valence-corrected chi connectivity index (χ2v) is 7.40. The molecular formula is C18H26ClN. The molecule has 3 unspecified atom stereocenters. The predicted molar refractivity (Wildman–Crippen MR) is 86.3 cm³/mol. The first kappa shape index (κ1) is 14.4. The van der Waals surface area contributed by atoms with Gasteiger partial charge in [0, 0.05) is 17.1 Å². The second kappa shape index (κ2) is 6.07. The number of halogens is 1. The van der Waals surface area contributed by atoms with Crippen LogP contribution in [0.3, 0.4) is 0 Å². The molecule has 1 N–H and O–H groups in total. The van der Waals surface area contributed by atoms with E-state index in [9.17, 15) is 0 Å². The van der Waals surface area contributed by atoms with Crippen LogP contribution in [-0.2, 0) is 0 Å². The molecule has 0 aromatic heterocycles. The molecule has 0 aliphatic heterocycles. The maximum absolute atomic E-state index is 6.08. The van der Waals surface area contributed by atoms with Crippen molar-refractivity contribution in [2.45, 2.75) is 64.0 Å². The number of nitrogens with one attached hydrogen (secondary N) is 1. The first-order chi connectivity index (χ1) is 9.63. The van der Waals surface area contributed by atoms with Gasteiger partial charge in [-0.3, -0.25) is 0 Å². The van der Waals surface area contributed by atoms with E-state index in [1.165, 1.54) is 37.7 Å². The van der Waals surface area contributed by atoms with E-state index < -0.39 is 0 Å². The van der Waals surface area contributed by atoms with Gasteiger partial charge in [-0.2, -0.15) is 0 Å². The van der Waals surface area contributed by atoms with Gasteiger partial charge in [0.1, 0.15) is 0 Å². The molecule has 2 aliphatic carbocycles. The van der Waals surface area contributed by atoms with E-state index in [2.05, 4.69) is 37.4 Å². The molecule has 20 heavy (non-hydrogen) atoms. The first-order valence-corrected chi connectivity index (χ1v) is 8.53. The van der Waals surface area contributed by atoms with Gasteiger partial charge in [-0.25, -0.2) is 0 Å². The molecular weight excluding hydrogens is 266 g/mol. The van der Waals surface area contributed by atoms with Gasteiger partial charge >= 0.3 is 0 Å². The quantitative estimate of drug-likeness (QED) is 0.826. The minimum atomic E-state index is 0.711. The number of hydrogen-bond donors (Lipinski definition) is 1. The molecule has 1 aromatic carbocycles. The van der Waals surface area contributed by atoms with Crippen LogP contribution < -0.4 is 5.32 Å². The largest absolute Gasteiger partial charge is 0.311 e. The van der Waals surface area contributed by atoms with Crippen molar-refractivity contribution < 1.29 is 0 Å². The number of hydrogen-bond acceptors (Lipinski definition) is 1. The van der Waals surface area contributed by atoms with Crippen molar-refractivity contribution in [1.29, 1.82) is 0 Å². The van der Waals surface area contributed by atoms with Crippen LogP contribution >= 0.6 is 11.6 Å². The van der Waals surface area contributed by atoms with Gasteiger partial charge in [-0.15, -0.1) is 0 Å². The highest BCUT2D eigenvalue weighted by molar-refractivity contribution is 6.30. The summed E-state index contributed by atoms with van der Waals surface area (Å²) in [6.45, 7) is 4.84. The summed E-state index contributed by atoms with van der Waals surface area (Å²) in [6.07, 6.45) is 6.72. The molecule has 0 radical (unpaired) electrons.